The number of nitrogens with two attached hydrogens (primary N) is 1. The highest BCUT2D eigenvalue weighted by molar-refractivity contribution is 5.94. The monoisotopic (exact) mass is 234 g/mol. The van der Waals surface area contributed by atoms with Crippen LogP contribution in [0.5, 0.6) is 5.75 Å². The molecule has 2 rings (SSSR count). The Bertz CT molecular complexity index is 396. The topological polar surface area (TPSA) is 66.6 Å². The third kappa shape index (κ3) is 2.77. The Kier molecular flexibility index (Phi) is 3.33. The van der Waals surface area contributed by atoms with Gasteiger partial charge in [0, 0.05) is 25.2 Å². The lowest BCUT2D eigenvalue weighted by Crippen LogP contribution is -2.43. The average molecular weight is 234 g/mol. The van der Waals surface area contributed by atoms with Gasteiger partial charge in [-0.1, -0.05) is 0 Å². The Labute approximate surface area is 101 Å². The molecule has 0 unspecified atom stereocenters. The summed E-state index contributed by atoms with van der Waals surface area (Å²) < 4.78 is 0. The zero-order valence-corrected chi connectivity index (χ0v) is 9.97. The summed E-state index contributed by atoms with van der Waals surface area (Å²) in [5.41, 5.74) is 6.32. The van der Waals surface area contributed by atoms with Crippen molar-refractivity contribution in [2.24, 2.45) is 11.7 Å². The number of hydrogen-bond acceptors (Lipinski definition) is 3. The lowest BCUT2D eigenvalue weighted by molar-refractivity contribution is 0.0734. The Morgan fingerprint density at radius 2 is 2.00 bits per heavy atom. The zero-order chi connectivity index (χ0) is 12.4. The normalized spacial score (nSPS) is 22.9. The SMILES string of the molecule is CN(CC1CC(N)C1)C(=O)c1ccc(O)cc1. The molecule has 1 aromatic carbocycles. The van der Waals surface area contributed by atoms with Gasteiger partial charge in [-0.25, -0.2) is 0 Å². The van der Waals surface area contributed by atoms with E-state index in [-0.39, 0.29) is 11.7 Å². The highest BCUT2D eigenvalue weighted by Gasteiger charge is 2.28. The van der Waals surface area contributed by atoms with Crippen molar-refractivity contribution in [2.45, 2.75) is 18.9 Å². The van der Waals surface area contributed by atoms with Crippen LogP contribution < -0.4 is 5.73 Å². The number of phenols is 1. The second-order valence-electron chi connectivity index (χ2n) is 4.83. The van der Waals surface area contributed by atoms with Crippen LogP contribution in [0.1, 0.15) is 23.2 Å². The molecule has 1 aliphatic carbocycles. The summed E-state index contributed by atoms with van der Waals surface area (Å²) in [4.78, 5) is 13.8. The number of hydrogen-bond donors (Lipinski definition) is 2. The van der Waals surface area contributed by atoms with E-state index < -0.39 is 0 Å². The van der Waals surface area contributed by atoms with E-state index >= 15 is 0 Å². The fraction of sp³-hybridized carbons (Fsp3) is 0.462. The summed E-state index contributed by atoms with van der Waals surface area (Å²) in [6, 6.07) is 6.65. The Hall–Kier alpha value is -1.55. The summed E-state index contributed by atoms with van der Waals surface area (Å²) in [7, 11) is 1.80. The molecule has 0 aliphatic heterocycles. The number of carbonyl (C=O) groups excluding carboxylic acids is 1. The van der Waals surface area contributed by atoms with Crippen molar-refractivity contribution >= 4 is 5.91 Å². The number of nitrogens with zero attached hydrogens (tertiary/aromatic N) is 1. The van der Waals surface area contributed by atoms with Crippen molar-refractivity contribution in [3.8, 4) is 5.75 Å². The van der Waals surface area contributed by atoms with Crippen molar-refractivity contribution in [3.05, 3.63) is 29.8 Å². The van der Waals surface area contributed by atoms with Gasteiger partial charge >= 0.3 is 0 Å². The highest BCUT2D eigenvalue weighted by Crippen LogP contribution is 2.26. The van der Waals surface area contributed by atoms with E-state index in [1.807, 2.05) is 0 Å². The first-order valence-corrected chi connectivity index (χ1v) is 5.86. The quantitative estimate of drug-likeness (QED) is 0.826. The molecule has 1 aliphatic rings. The van der Waals surface area contributed by atoms with Crippen LogP contribution in [0.2, 0.25) is 0 Å². The molecule has 1 fully saturated rings. The van der Waals surface area contributed by atoms with E-state index in [1.54, 1.807) is 24.1 Å². The molecular weight excluding hydrogens is 216 g/mol. The van der Waals surface area contributed by atoms with E-state index in [0.717, 1.165) is 19.4 Å². The number of benzene rings is 1. The molecule has 0 heterocycles. The van der Waals surface area contributed by atoms with Crippen molar-refractivity contribution < 1.29 is 9.90 Å². The van der Waals surface area contributed by atoms with Crippen LogP contribution in [-0.4, -0.2) is 35.5 Å². The maximum Gasteiger partial charge on any atom is 0.253 e. The molecule has 1 saturated carbocycles. The van der Waals surface area contributed by atoms with Gasteiger partial charge in [-0.3, -0.25) is 4.79 Å². The molecule has 3 N–H and O–H groups in total. The molecule has 92 valence electrons. The summed E-state index contributed by atoms with van der Waals surface area (Å²) in [6.45, 7) is 0.757. The average Bonchev–Trinajstić information content (AvgIpc) is 2.27. The van der Waals surface area contributed by atoms with Gasteiger partial charge in [0.15, 0.2) is 0 Å². The minimum absolute atomic E-state index is 0.00882. The maximum absolute atomic E-state index is 12.0. The predicted molar refractivity (Wildman–Crippen MR) is 65.8 cm³/mol. The third-order valence-corrected chi connectivity index (χ3v) is 3.27. The first-order valence-electron chi connectivity index (χ1n) is 5.86. The van der Waals surface area contributed by atoms with Gasteiger partial charge in [-0.15, -0.1) is 0 Å². The number of rotatable bonds is 3. The summed E-state index contributed by atoms with van der Waals surface area (Å²) in [5, 5.41) is 9.16. The molecule has 0 atom stereocenters. The number of aromatic hydroxyl groups is 1. The summed E-state index contributed by atoms with van der Waals surface area (Å²) >= 11 is 0. The van der Waals surface area contributed by atoms with Crippen LogP contribution in [0.3, 0.4) is 0 Å². The molecule has 1 amide bonds. The molecule has 0 aromatic heterocycles. The predicted octanol–water partition coefficient (Wildman–Crippen LogP) is 1.20. The largest absolute Gasteiger partial charge is 0.508 e. The third-order valence-electron chi connectivity index (χ3n) is 3.27. The van der Waals surface area contributed by atoms with Crippen molar-refractivity contribution in [3.63, 3.8) is 0 Å². The van der Waals surface area contributed by atoms with E-state index in [9.17, 15) is 4.79 Å². The van der Waals surface area contributed by atoms with Crippen molar-refractivity contribution in [1.82, 2.24) is 4.90 Å². The van der Waals surface area contributed by atoms with Crippen LogP contribution in [0.25, 0.3) is 0 Å². The van der Waals surface area contributed by atoms with Gasteiger partial charge in [0.1, 0.15) is 5.75 Å². The molecule has 0 saturated heterocycles. The van der Waals surface area contributed by atoms with Gasteiger partial charge in [-0.05, 0) is 43.0 Å². The molecule has 4 heteroatoms. The second kappa shape index (κ2) is 4.75. The van der Waals surface area contributed by atoms with Gasteiger partial charge in [0.2, 0.25) is 0 Å². The van der Waals surface area contributed by atoms with Gasteiger partial charge in [0.05, 0.1) is 0 Å². The van der Waals surface area contributed by atoms with Crippen LogP contribution in [0.15, 0.2) is 24.3 Å². The molecule has 0 bridgehead atoms. The number of phenolic OH excluding ortho intramolecular Hbond substituents is 1. The highest BCUT2D eigenvalue weighted by atomic mass is 16.3. The maximum atomic E-state index is 12.0. The van der Waals surface area contributed by atoms with Crippen LogP contribution in [0, 0.1) is 5.92 Å². The summed E-state index contributed by atoms with van der Waals surface area (Å²) in [5.74, 6) is 0.704. The van der Waals surface area contributed by atoms with Crippen LogP contribution in [-0.2, 0) is 0 Å². The van der Waals surface area contributed by atoms with E-state index in [4.69, 9.17) is 10.8 Å². The van der Waals surface area contributed by atoms with Gasteiger partial charge in [-0.2, -0.15) is 0 Å². The van der Waals surface area contributed by atoms with Gasteiger partial charge in [0.25, 0.3) is 5.91 Å². The lowest BCUT2D eigenvalue weighted by Gasteiger charge is -2.35. The van der Waals surface area contributed by atoms with E-state index in [0.29, 0.717) is 17.5 Å². The minimum atomic E-state index is -0.00882. The number of carbonyl (C=O) groups is 1. The standard InChI is InChI=1S/C13H18N2O2/c1-15(8-9-6-11(14)7-9)13(17)10-2-4-12(16)5-3-10/h2-5,9,11,16H,6-8,14H2,1H3. The minimum Gasteiger partial charge on any atom is -0.508 e. The molecule has 4 nitrogen and oxygen atoms in total. The fourth-order valence-electron chi connectivity index (χ4n) is 2.23. The number of amides is 1. The first-order chi connectivity index (χ1) is 8.06. The van der Waals surface area contributed by atoms with E-state index in [2.05, 4.69) is 0 Å². The van der Waals surface area contributed by atoms with E-state index in [1.165, 1.54) is 12.1 Å². The Morgan fingerprint density at radius 1 is 1.41 bits per heavy atom. The smallest absolute Gasteiger partial charge is 0.253 e. The molecule has 0 spiro atoms. The Morgan fingerprint density at radius 3 is 2.53 bits per heavy atom. The van der Waals surface area contributed by atoms with Crippen LogP contribution in [0.4, 0.5) is 0 Å². The molecule has 17 heavy (non-hydrogen) atoms. The molecule has 1 aromatic rings. The van der Waals surface area contributed by atoms with Crippen LogP contribution >= 0.6 is 0 Å². The van der Waals surface area contributed by atoms with Crippen molar-refractivity contribution in [1.29, 1.82) is 0 Å². The Balaban J connectivity index is 1.92. The lowest BCUT2D eigenvalue weighted by atomic mass is 9.80. The molecule has 0 radical (unpaired) electrons. The molecular formula is C13H18N2O2. The first kappa shape index (κ1) is 11.9. The fourth-order valence-corrected chi connectivity index (χ4v) is 2.23. The van der Waals surface area contributed by atoms with Gasteiger partial charge < -0.3 is 15.7 Å². The second-order valence-corrected chi connectivity index (χ2v) is 4.83. The zero-order valence-electron chi connectivity index (χ0n) is 9.97. The van der Waals surface area contributed by atoms with Crippen molar-refractivity contribution in [2.75, 3.05) is 13.6 Å². The summed E-state index contributed by atoms with van der Waals surface area (Å²) in [6.07, 6.45) is 2.01.